The van der Waals surface area contributed by atoms with E-state index in [1.807, 2.05) is 0 Å². The minimum Gasteiger partial charge on any atom is -0.319 e. The first-order valence-electron chi connectivity index (χ1n) is 4.98. The van der Waals surface area contributed by atoms with Crippen LogP contribution in [-0.4, -0.2) is 13.3 Å². The summed E-state index contributed by atoms with van der Waals surface area (Å²) in [5, 5.41) is 0.356. The summed E-state index contributed by atoms with van der Waals surface area (Å²) in [5.41, 5.74) is 0.972. The second-order valence-corrected chi connectivity index (χ2v) is 8.45. The SMILES string of the molecule is CC(C)(C)c1ccc(F)c(P(C)(C)=O)c1. The van der Waals surface area contributed by atoms with E-state index in [4.69, 9.17) is 0 Å². The van der Waals surface area contributed by atoms with E-state index in [0.29, 0.717) is 5.30 Å². The zero-order valence-electron chi connectivity index (χ0n) is 9.97. The number of benzene rings is 1. The van der Waals surface area contributed by atoms with Crippen molar-refractivity contribution in [2.75, 3.05) is 13.3 Å². The summed E-state index contributed by atoms with van der Waals surface area (Å²) in [6.45, 7) is 9.36. The summed E-state index contributed by atoms with van der Waals surface area (Å²) >= 11 is 0. The minimum atomic E-state index is -2.53. The molecule has 0 saturated carbocycles. The van der Waals surface area contributed by atoms with Gasteiger partial charge in [0.25, 0.3) is 0 Å². The Labute approximate surface area is 91.1 Å². The highest BCUT2D eigenvalue weighted by molar-refractivity contribution is 7.70. The Hall–Kier alpha value is -0.620. The van der Waals surface area contributed by atoms with Gasteiger partial charge >= 0.3 is 0 Å². The summed E-state index contributed by atoms with van der Waals surface area (Å²) < 4.78 is 25.4. The average Bonchev–Trinajstić information content (AvgIpc) is 2.00. The number of hydrogen-bond acceptors (Lipinski definition) is 1. The van der Waals surface area contributed by atoms with Gasteiger partial charge in [0, 0.05) is 5.30 Å². The maximum absolute atomic E-state index is 13.5. The predicted molar refractivity (Wildman–Crippen MR) is 64.2 cm³/mol. The van der Waals surface area contributed by atoms with Gasteiger partial charge in [-0.15, -0.1) is 0 Å². The second kappa shape index (κ2) is 3.75. The van der Waals surface area contributed by atoms with Crippen LogP contribution in [0.25, 0.3) is 0 Å². The molecule has 0 aliphatic heterocycles. The third-order valence-corrected chi connectivity index (χ3v) is 3.90. The van der Waals surface area contributed by atoms with Crippen molar-refractivity contribution in [1.29, 1.82) is 0 Å². The molecule has 0 bridgehead atoms. The van der Waals surface area contributed by atoms with Crippen LogP contribution in [-0.2, 0) is 9.98 Å². The highest BCUT2D eigenvalue weighted by Crippen LogP contribution is 2.37. The third-order valence-electron chi connectivity index (χ3n) is 2.39. The largest absolute Gasteiger partial charge is 0.319 e. The molecular formula is C12H18FOP. The monoisotopic (exact) mass is 228 g/mol. The molecule has 1 rings (SSSR count). The molecule has 1 nitrogen and oxygen atoms in total. The minimum absolute atomic E-state index is 0.0440. The first-order valence-corrected chi connectivity index (χ1v) is 7.58. The van der Waals surface area contributed by atoms with Crippen molar-refractivity contribution in [3.63, 3.8) is 0 Å². The van der Waals surface area contributed by atoms with Gasteiger partial charge in [-0.05, 0) is 36.4 Å². The normalized spacial score (nSPS) is 12.9. The highest BCUT2D eigenvalue weighted by atomic mass is 31.2. The van der Waals surface area contributed by atoms with E-state index in [9.17, 15) is 8.96 Å². The molecule has 0 aliphatic carbocycles. The smallest absolute Gasteiger partial charge is 0.133 e. The number of hydrogen-bond donors (Lipinski definition) is 0. The molecule has 1 aromatic rings. The molecule has 84 valence electrons. The molecule has 0 saturated heterocycles. The van der Waals surface area contributed by atoms with E-state index in [2.05, 4.69) is 20.8 Å². The third kappa shape index (κ3) is 2.92. The lowest BCUT2D eigenvalue weighted by Gasteiger charge is -2.21. The van der Waals surface area contributed by atoms with Crippen LogP contribution in [0.4, 0.5) is 4.39 Å². The van der Waals surface area contributed by atoms with Crippen molar-refractivity contribution in [1.82, 2.24) is 0 Å². The Morgan fingerprint density at radius 1 is 1.20 bits per heavy atom. The maximum Gasteiger partial charge on any atom is 0.133 e. The molecule has 0 heterocycles. The summed E-state index contributed by atoms with van der Waals surface area (Å²) in [7, 11) is -2.53. The molecular weight excluding hydrogens is 210 g/mol. The van der Waals surface area contributed by atoms with Crippen molar-refractivity contribution in [2.45, 2.75) is 26.2 Å². The van der Waals surface area contributed by atoms with E-state index >= 15 is 0 Å². The molecule has 0 radical (unpaired) electrons. The Balaban J connectivity index is 3.36. The molecule has 15 heavy (non-hydrogen) atoms. The molecule has 0 atom stereocenters. The lowest BCUT2D eigenvalue weighted by Crippen LogP contribution is -2.17. The van der Waals surface area contributed by atoms with Crippen molar-refractivity contribution < 1.29 is 8.96 Å². The fourth-order valence-corrected chi connectivity index (χ4v) is 2.43. The summed E-state index contributed by atoms with van der Waals surface area (Å²) in [4.78, 5) is 0. The predicted octanol–water partition coefficient (Wildman–Crippen LogP) is 3.37. The highest BCUT2D eigenvalue weighted by Gasteiger charge is 2.21. The van der Waals surface area contributed by atoms with Crippen LogP contribution < -0.4 is 5.30 Å². The van der Waals surface area contributed by atoms with Gasteiger partial charge in [-0.2, -0.15) is 0 Å². The van der Waals surface area contributed by atoms with Crippen molar-refractivity contribution in [3.8, 4) is 0 Å². The first kappa shape index (κ1) is 12.4. The molecule has 3 heteroatoms. The molecule has 0 N–H and O–H groups in total. The molecule has 0 amide bonds. The molecule has 0 unspecified atom stereocenters. The standard InChI is InChI=1S/C12H18FOP/c1-12(2,3)9-6-7-10(13)11(8-9)15(4,5)14/h6-8H,1-5H3. The first-order chi connectivity index (χ1) is 6.62. The number of rotatable bonds is 1. The quantitative estimate of drug-likeness (QED) is 0.673. The second-order valence-electron chi connectivity index (χ2n) is 5.27. The van der Waals surface area contributed by atoms with Crippen molar-refractivity contribution in [2.24, 2.45) is 0 Å². The van der Waals surface area contributed by atoms with Gasteiger partial charge in [-0.1, -0.05) is 26.8 Å². The zero-order valence-corrected chi connectivity index (χ0v) is 10.9. The van der Waals surface area contributed by atoms with E-state index in [1.54, 1.807) is 25.5 Å². The van der Waals surface area contributed by atoms with Gasteiger partial charge in [0.1, 0.15) is 13.0 Å². The maximum atomic E-state index is 13.5. The van der Waals surface area contributed by atoms with E-state index in [-0.39, 0.29) is 11.2 Å². The van der Waals surface area contributed by atoms with Gasteiger partial charge in [0.2, 0.25) is 0 Å². The van der Waals surface area contributed by atoms with E-state index < -0.39 is 7.14 Å². The summed E-state index contributed by atoms with van der Waals surface area (Å²) in [6.07, 6.45) is 0. The Morgan fingerprint density at radius 3 is 2.13 bits per heavy atom. The van der Waals surface area contributed by atoms with Crippen LogP contribution in [0.2, 0.25) is 0 Å². The molecule has 0 aromatic heterocycles. The fraction of sp³-hybridized carbons (Fsp3) is 0.500. The summed E-state index contributed by atoms with van der Waals surface area (Å²) in [5.74, 6) is -0.365. The fourth-order valence-electron chi connectivity index (χ4n) is 1.39. The molecule has 1 aromatic carbocycles. The Kier molecular flexibility index (Phi) is 3.11. The average molecular weight is 228 g/mol. The van der Waals surface area contributed by atoms with Crippen LogP contribution in [0.1, 0.15) is 26.3 Å². The summed E-state index contributed by atoms with van der Waals surface area (Å²) in [6, 6.07) is 4.90. The van der Waals surface area contributed by atoms with E-state index in [1.165, 1.54) is 6.07 Å². The van der Waals surface area contributed by atoms with E-state index in [0.717, 1.165) is 5.56 Å². The van der Waals surface area contributed by atoms with Crippen molar-refractivity contribution >= 4 is 12.4 Å². The number of halogens is 1. The van der Waals surface area contributed by atoms with Crippen molar-refractivity contribution in [3.05, 3.63) is 29.6 Å². The topological polar surface area (TPSA) is 17.1 Å². The van der Waals surface area contributed by atoms with Gasteiger partial charge in [0.05, 0.1) is 0 Å². The lowest BCUT2D eigenvalue weighted by atomic mass is 9.87. The van der Waals surface area contributed by atoms with Crippen LogP contribution in [0.15, 0.2) is 18.2 Å². The Bertz CT molecular complexity index is 412. The lowest BCUT2D eigenvalue weighted by molar-refractivity contribution is 0.578. The van der Waals surface area contributed by atoms with Crippen LogP contribution >= 0.6 is 7.14 Å². The Morgan fingerprint density at radius 2 is 1.73 bits per heavy atom. The zero-order chi connectivity index (χ0) is 11.9. The molecule has 0 aliphatic rings. The van der Waals surface area contributed by atoms with Crippen LogP contribution in [0.3, 0.4) is 0 Å². The van der Waals surface area contributed by atoms with Gasteiger partial charge in [-0.3, -0.25) is 0 Å². The van der Waals surface area contributed by atoms with Gasteiger partial charge in [0.15, 0.2) is 0 Å². The molecule has 0 spiro atoms. The van der Waals surface area contributed by atoms with Gasteiger partial charge < -0.3 is 4.57 Å². The molecule has 0 fully saturated rings. The van der Waals surface area contributed by atoms with Crippen LogP contribution in [0, 0.1) is 5.82 Å². The van der Waals surface area contributed by atoms with Gasteiger partial charge in [-0.25, -0.2) is 4.39 Å². The van der Waals surface area contributed by atoms with Crippen LogP contribution in [0.5, 0.6) is 0 Å².